The van der Waals surface area contributed by atoms with Gasteiger partial charge in [0.1, 0.15) is 0 Å². The third-order valence-corrected chi connectivity index (χ3v) is 6.57. The number of anilines is 2. The molecule has 160 valence electrons. The number of para-hydroxylation sites is 1. The molecule has 0 radical (unpaired) electrons. The number of halogens is 3. The van der Waals surface area contributed by atoms with Gasteiger partial charge in [0.05, 0.1) is 16.9 Å². The molecule has 1 aliphatic rings. The number of fused-ring (bicyclic) bond motifs is 1. The van der Waals surface area contributed by atoms with Crippen LogP contribution < -0.4 is 10.2 Å². The number of hydrogen-bond acceptors (Lipinski definition) is 6. The van der Waals surface area contributed by atoms with Gasteiger partial charge < -0.3 is 4.90 Å². The molecule has 0 spiro atoms. The molecule has 0 atom stereocenters. The maximum atomic E-state index is 13.1. The Labute approximate surface area is 183 Å². The van der Waals surface area contributed by atoms with Gasteiger partial charge in [0, 0.05) is 12.2 Å². The summed E-state index contributed by atoms with van der Waals surface area (Å²) in [7, 11) is 0. The van der Waals surface area contributed by atoms with Crippen LogP contribution >= 0.6 is 23.1 Å². The van der Waals surface area contributed by atoms with Crippen LogP contribution in [0.4, 0.5) is 24.0 Å². The Balaban J connectivity index is 1.37. The number of rotatable bonds is 5. The van der Waals surface area contributed by atoms with Crippen LogP contribution in [0.15, 0.2) is 52.9 Å². The molecule has 1 aliphatic heterocycles. The summed E-state index contributed by atoms with van der Waals surface area (Å²) in [5, 5.41) is 10.1. The van der Waals surface area contributed by atoms with E-state index in [1.165, 1.54) is 12.1 Å². The topological polar surface area (TPSA) is 75.2 Å². The van der Waals surface area contributed by atoms with Crippen molar-refractivity contribution in [3.05, 3.63) is 65.2 Å². The van der Waals surface area contributed by atoms with Gasteiger partial charge in [-0.1, -0.05) is 53.4 Å². The number of aromatic nitrogens is 2. The number of hydrogen-bond donors (Lipinski definition) is 1. The Kier molecular flexibility index (Phi) is 5.96. The van der Waals surface area contributed by atoms with Crippen molar-refractivity contribution in [1.82, 2.24) is 10.2 Å². The van der Waals surface area contributed by atoms with Gasteiger partial charge in [-0.2, -0.15) is 13.2 Å². The molecule has 2 heterocycles. The SMILES string of the molecule is O=C(Nc1nnc(SCC(=O)N2CCc3ccccc32)s1)c1ccccc1C(F)(F)F. The zero-order valence-corrected chi connectivity index (χ0v) is 17.5. The number of thioether (sulfide) groups is 1. The molecule has 4 rings (SSSR count). The highest BCUT2D eigenvalue weighted by molar-refractivity contribution is 8.01. The molecular weight excluding hydrogens is 449 g/mol. The predicted molar refractivity (Wildman–Crippen MR) is 113 cm³/mol. The monoisotopic (exact) mass is 464 g/mol. The minimum absolute atomic E-state index is 0.0587. The van der Waals surface area contributed by atoms with E-state index in [9.17, 15) is 22.8 Å². The molecule has 3 aromatic rings. The van der Waals surface area contributed by atoms with Gasteiger partial charge in [-0.05, 0) is 30.2 Å². The van der Waals surface area contributed by atoms with E-state index in [1.54, 1.807) is 4.90 Å². The van der Waals surface area contributed by atoms with Gasteiger partial charge in [-0.3, -0.25) is 14.9 Å². The highest BCUT2D eigenvalue weighted by Gasteiger charge is 2.35. The van der Waals surface area contributed by atoms with Crippen LogP contribution in [0.3, 0.4) is 0 Å². The quantitative estimate of drug-likeness (QED) is 0.445. The highest BCUT2D eigenvalue weighted by atomic mass is 32.2. The zero-order chi connectivity index (χ0) is 22.0. The molecule has 0 fully saturated rings. The lowest BCUT2D eigenvalue weighted by atomic mass is 10.1. The summed E-state index contributed by atoms with van der Waals surface area (Å²) in [6.07, 6.45) is -3.84. The molecular formula is C20H15F3N4O2S2. The molecule has 6 nitrogen and oxygen atoms in total. The number of carbonyl (C=O) groups excluding carboxylic acids is 2. The van der Waals surface area contributed by atoms with E-state index in [0.717, 1.165) is 52.9 Å². The summed E-state index contributed by atoms with van der Waals surface area (Å²) in [5.41, 5.74) is 0.507. The number of benzene rings is 2. The van der Waals surface area contributed by atoms with Gasteiger partial charge in [0.15, 0.2) is 4.34 Å². The molecule has 31 heavy (non-hydrogen) atoms. The first-order valence-electron chi connectivity index (χ1n) is 9.15. The second-order valence-corrected chi connectivity index (χ2v) is 8.78. The summed E-state index contributed by atoms with van der Waals surface area (Å²) in [4.78, 5) is 26.6. The third kappa shape index (κ3) is 4.72. The Morgan fingerprint density at radius 1 is 1.10 bits per heavy atom. The average Bonchev–Trinajstić information content (AvgIpc) is 3.38. The largest absolute Gasteiger partial charge is 0.417 e. The van der Waals surface area contributed by atoms with E-state index in [0.29, 0.717) is 10.9 Å². The lowest BCUT2D eigenvalue weighted by Gasteiger charge is -2.16. The average molecular weight is 464 g/mol. The van der Waals surface area contributed by atoms with Crippen LogP contribution in [-0.2, 0) is 17.4 Å². The molecule has 1 aromatic heterocycles. The summed E-state index contributed by atoms with van der Waals surface area (Å²) in [6.45, 7) is 0.620. The van der Waals surface area contributed by atoms with Gasteiger partial charge >= 0.3 is 6.18 Å². The lowest BCUT2D eigenvalue weighted by Crippen LogP contribution is -2.30. The van der Waals surface area contributed by atoms with Crippen molar-refractivity contribution in [1.29, 1.82) is 0 Å². The fourth-order valence-corrected chi connectivity index (χ4v) is 4.83. The normalized spacial score (nSPS) is 13.2. The van der Waals surface area contributed by atoms with Crippen molar-refractivity contribution in [3.8, 4) is 0 Å². The van der Waals surface area contributed by atoms with E-state index >= 15 is 0 Å². The first-order chi connectivity index (χ1) is 14.8. The second kappa shape index (κ2) is 8.67. The van der Waals surface area contributed by atoms with Crippen molar-refractivity contribution >= 4 is 45.7 Å². The van der Waals surface area contributed by atoms with Crippen molar-refractivity contribution in [3.63, 3.8) is 0 Å². The maximum Gasteiger partial charge on any atom is 0.417 e. The van der Waals surface area contributed by atoms with Gasteiger partial charge in [-0.15, -0.1) is 10.2 Å². The van der Waals surface area contributed by atoms with Crippen LogP contribution in [-0.4, -0.2) is 34.3 Å². The molecule has 0 bridgehead atoms. The summed E-state index contributed by atoms with van der Waals surface area (Å²) < 4.78 is 39.7. The molecule has 0 saturated carbocycles. The number of carbonyl (C=O) groups is 2. The molecule has 0 aliphatic carbocycles. The Morgan fingerprint density at radius 2 is 1.84 bits per heavy atom. The number of alkyl halides is 3. The van der Waals surface area contributed by atoms with E-state index < -0.39 is 23.2 Å². The fraction of sp³-hybridized carbons (Fsp3) is 0.200. The van der Waals surface area contributed by atoms with Gasteiger partial charge in [0.2, 0.25) is 11.0 Å². The standard InChI is InChI=1S/C20H15F3N4O2S2/c21-20(22,23)14-7-3-2-6-13(14)17(29)24-18-25-26-19(31-18)30-11-16(28)27-10-9-12-5-1-4-8-15(12)27/h1-8H,9-11H2,(H,24,25,29). The second-order valence-electron chi connectivity index (χ2n) is 6.58. The molecule has 0 unspecified atom stereocenters. The predicted octanol–water partition coefficient (Wildman–Crippen LogP) is 4.49. The highest BCUT2D eigenvalue weighted by Crippen LogP contribution is 2.33. The van der Waals surface area contributed by atoms with Crippen LogP contribution in [0.2, 0.25) is 0 Å². The molecule has 1 N–H and O–H groups in total. The van der Waals surface area contributed by atoms with Gasteiger partial charge in [-0.25, -0.2) is 0 Å². The lowest BCUT2D eigenvalue weighted by molar-refractivity contribution is -0.137. The van der Waals surface area contributed by atoms with Crippen molar-refractivity contribution < 1.29 is 22.8 Å². The first kappa shape index (κ1) is 21.3. The van der Waals surface area contributed by atoms with Crippen molar-refractivity contribution in [2.45, 2.75) is 16.9 Å². The number of amides is 2. The Hall–Kier alpha value is -2.92. The fourth-order valence-electron chi connectivity index (χ4n) is 3.21. The van der Waals surface area contributed by atoms with Crippen LogP contribution in [0, 0.1) is 0 Å². The van der Waals surface area contributed by atoms with Crippen LogP contribution in [0.25, 0.3) is 0 Å². The minimum atomic E-state index is -4.65. The smallest absolute Gasteiger partial charge is 0.311 e. The molecule has 11 heteroatoms. The van der Waals surface area contributed by atoms with Crippen molar-refractivity contribution in [2.75, 3.05) is 22.5 Å². The van der Waals surface area contributed by atoms with E-state index in [4.69, 9.17) is 0 Å². The Bertz CT molecular complexity index is 1130. The summed E-state index contributed by atoms with van der Waals surface area (Å²) in [5.74, 6) is -0.867. The number of nitrogens with zero attached hydrogens (tertiary/aromatic N) is 3. The number of nitrogens with one attached hydrogen (secondary N) is 1. The molecule has 2 aromatic carbocycles. The zero-order valence-electron chi connectivity index (χ0n) is 15.8. The van der Waals surface area contributed by atoms with Gasteiger partial charge in [0.25, 0.3) is 5.91 Å². The third-order valence-electron chi connectivity index (χ3n) is 4.61. The van der Waals surface area contributed by atoms with E-state index in [1.807, 2.05) is 24.3 Å². The molecule has 0 saturated heterocycles. The molecule has 2 amide bonds. The minimum Gasteiger partial charge on any atom is -0.311 e. The maximum absolute atomic E-state index is 13.1. The van der Waals surface area contributed by atoms with E-state index in [2.05, 4.69) is 15.5 Å². The van der Waals surface area contributed by atoms with Crippen molar-refractivity contribution in [2.24, 2.45) is 0 Å². The Morgan fingerprint density at radius 3 is 2.65 bits per heavy atom. The van der Waals surface area contributed by atoms with E-state index in [-0.39, 0.29) is 16.8 Å². The summed E-state index contributed by atoms with van der Waals surface area (Å²) >= 11 is 2.16. The first-order valence-corrected chi connectivity index (χ1v) is 11.0. The van der Waals surface area contributed by atoms with Crippen LogP contribution in [0.5, 0.6) is 0 Å². The summed E-state index contributed by atoms with van der Waals surface area (Å²) in [6, 6.07) is 12.2. The van der Waals surface area contributed by atoms with Crippen LogP contribution in [0.1, 0.15) is 21.5 Å².